The molecule has 21 heteroatoms. The van der Waals surface area contributed by atoms with Crippen LogP contribution in [0.2, 0.25) is 0 Å². The third-order valence-electron chi connectivity index (χ3n) is 14.7. The summed E-state index contributed by atoms with van der Waals surface area (Å²) >= 11 is 0. The summed E-state index contributed by atoms with van der Waals surface area (Å²) in [6, 6.07) is 37.3. The molecule has 422 valence electrons. The van der Waals surface area contributed by atoms with Gasteiger partial charge < -0.3 is 104 Å². The molecule has 0 bridgehead atoms. The van der Waals surface area contributed by atoms with Crippen molar-refractivity contribution < 1.29 is 104 Å². The van der Waals surface area contributed by atoms with Crippen LogP contribution in [0.3, 0.4) is 0 Å². The van der Waals surface area contributed by atoms with Crippen molar-refractivity contribution in [2.45, 2.75) is 92.1 Å². The highest BCUT2D eigenvalue weighted by Crippen LogP contribution is 2.55. The summed E-state index contributed by atoms with van der Waals surface area (Å²) in [4.78, 5) is 0. The van der Waals surface area contributed by atoms with E-state index in [1.807, 2.05) is 103 Å². The Morgan fingerprint density at radius 2 is 0.595 bits per heavy atom. The summed E-state index contributed by atoms with van der Waals surface area (Å²) in [7, 11) is 0. The molecular weight excluding hydrogens is 1030 g/mol. The number of hydrogen-bond acceptors (Lipinski definition) is 21. The maximum Gasteiger partial charge on any atom is 0.204 e. The van der Waals surface area contributed by atoms with Gasteiger partial charge in [-0.1, -0.05) is 97.1 Å². The fourth-order valence-corrected chi connectivity index (χ4v) is 10.6. The zero-order valence-electron chi connectivity index (χ0n) is 42.5. The summed E-state index contributed by atoms with van der Waals surface area (Å²) in [5.41, 5.74) is 2.40. The van der Waals surface area contributed by atoms with E-state index in [0.29, 0.717) is 22.3 Å². The topological polar surface area (TPSA) is 326 Å². The summed E-state index contributed by atoms with van der Waals surface area (Å²) in [5.74, 6) is 0.161. The van der Waals surface area contributed by atoms with Crippen LogP contribution in [0.15, 0.2) is 115 Å². The first-order valence-corrected chi connectivity index (χ1v) is 26.0. The molecule has 0 amide bonds. The zero-order valence-corrected chi connectivity index (χ0v) is 42.5. The minimum atomic E-state index is -1.72. The molecule has 0 aliphatic carbocycles. The van der Waals surface area contributed by atoms with E-state index in [2.05, 4.69) is 12.1 Å². The van der Waals surface area contributed by atoms with E-state index >= 15 is 0 Å². The van der Waals surface area contributed by atoms with Gasteiger partial charge in [0.25, 0.3) is 0 Å². The van der Waals surface area contributed by atoms with E-state index in [9.17, 15) is 61.3 Å². The highest BCUT2D eigenvalue weighted by Gasteiger charge is 2.46. The molecule has 21 nitrogen and oxygen atoms in total. The highest BCUT2D eigenvalue weighted by atomic mass is 16.7. The quantitative estimate of drug-likeness (QED) is 0.0377. The van der Waals surface area contributed by atoms with Crippen LogP contribution in [0.25, 0.3) is 65.3 Å². The predicted molar refractivity (Wildman–Crippen MR) is 283 cm³/mol. The predicted octanol–water partition coefficient (Wildman–Crippen LogP) is 1.22. The van der Waals surface area contributed by atoms with Gasteiger partial charge in [0.2, 0.25) is 5.75 Å². The Labute approximate surface area is 452 Å². The average molecular weight is 1100 g/mol. The van der Waals surface area contributed by atoms with Crippen LogP contribution in [0.5, 0.6) is 17.2 Å². The third-order valence-corrected chi connectivity index (χ3v) is 14.7. The first kappa shape index (κ1) is 56.5. The second-order valence-electron chi connectivity index (χ2n) is 19.6. The Morgan fingerprint density at radius 1 is 0.316 bits per heavy atom. The zero-order chi connectivity index (χ0) is 55.5. The molecule has 12 N–H and O–H groups in total. The number of fused-ring (bicyclic) bond motifs is 4. The highest BCUT2D eigenvalue weighted by molar-refractivity contribution is 6.17. The number of ether oxygens (including phenoxy) is 9. The molecule has 3 aliphatic rings. The molecule has 3 heterocycles. The molecule has 0 saturated carbocycles. The molecule has 7 aromatic carbocycles. The second kappa shape index (κ2) is 25.0. The van der Waals surface area contributed by atoms with Gasteiger partial charge in [0.1, 0.15) is 93.1 Å². The molecule has 15 atom stereocenters. The molecule has 79 heavy (non-hydrogen) atoms. The van der Waals surface area contributed by atoms with Crippen LogP contribution < -0.4 is 14.2 Å². The first-order valence-electron chi connectivity index (χ1n) is 26.0. The van der Waals surface area contributed by atoms with Crippen molar-refractivity contribution in [3.8, 4) is 39.5 Å². The summed E-state index contributed by atoms with van der Waals surface area (Å²) in [5, 5.41) is 132. The minimum Gasteiger partial charge on any atom is -0.486 e. The second-order valence-corrected chi connectivity index (χ2v) is 19.6. The van der Waals surface area contributed by atoms with Crippen molar-refractivity contribution in [1.82, 2.24) is 0 Å². The van der Waals surface area contributed by atoms with Crippen molar-refractivity contribution in [3.63, 3.8) is 0 Å². The largest absolute Gasteiger partial charge is 0.486 e. The van der Waals surface area contributed by atoms with Gasteiger partial charge in [-0.25, -0.2) is 0 Å². The van der Waals surface area contributed by atoms with E-state index in [0.717, 1.165) is 43.1 Å². The van der Waals surface area contributed by atoms with Crippen LogP contribution in [0.4, 0.5) is 0 Å². The Bertz CT molecular complexity index is 2900. The van der Waals surface area contributed by atoms with Crippen molar-refractivity contribution >= 4 is 43.1 Å². The fraction of sp³-hybridized carbons (Fsp3) is 0.414. The van der Waals surface area contributed by atoms with Crippen molar-refractivity contribution in [3.05, 3.63) is 115 Å². The molecule has 10 rings (SSSR count). The molecule has 0 unspecified atom stereocenters. The van der Waals surface area contributed by atoms with Gasteiger partial charge in [-0.05, 0) is 61.3 Å². The lowest BCUT2D eigenvalue weighted by molar-refractivity contribution is -0.302. The number of aliphatic hydroxyl groups is 12. The van der Waals surface area contributed by atoms with Crippen molar-refractivity contribution in [2.24, 2.45) is 0 Å². The Balaban J connectivity index is 1.15. The van der Waals surface area contributed by atoms with Crippen LogP contribution in [0.1, 0.15) is 0 Å². The Hall–Kier alpha value is -5.74. The van der Waals surface area contributed by atoms with Gasteiger partial charge in [-0.15, -0.1) is 0 Å². The molecule has 0 spiro atoms. The number of benzene rings is 7. The van der Waals surface area contributed by atoms with E-state index in [4.69, 9.17) is 42.6 Å². The van der Waals surface area contributed by atoms with Crippen LogP contribution in [-0.4, -0.2) is 213 Å². The maximum absolute atomic E-state index is 10.9. The summed E-state index contributed by atoms with van der Waals surface area (Å²) in [6.07, 6.45) is -23.5. The van der Waals surface area contributed by atoms with Gasteiger partial charge in [0.15, 0.2) is 30.4 Å². The van der Waals surface area contributed by atoms with E-state index in [-0.39, 0.29) is 56.9 Å². The van der Waals surface area contributed by atoms with Gasteiger partial charge in [0, 0.05) is 22.3 Å². The summed E-state index contributed by atoms with van der Waals surface area (Å²) in [6.45, 7) is -3.93. The molecule has 3 aliphatic heterocycles. The van der Waals surface area contributed by atoms with Gasteiger partial charge in [-0.2, -0.15) is 0 Å². The standard InChI is InChI=1S/C58H64O21/c59-26-39-44(62)47(65)50(68)56(77-39)74-20-17-71-53-37(42-33-13-5-1-9-29(33)23-30-10-2-6-14-34(30)42)25-38(43-35-15-7-3-11-31(35)24-32-12-4-8-16-36(32)43)54(72-18-21-75-57-51(69)48(66)45(63)40(27-60)78-57)55(53)73-19-22-76-58-52(70)49(67)46(64)41(28-61)79-58/h1-16,23-25,39-41,44-52,56-70H,17-22,26-28H2/t39-,40+,41-,44-,45+,46-,47+,48-,49+,50+,51-,52+,56+,57-,58+/m0/s1. The summed E-state index contributed by atoms with van der Waals surface area (Å²) < 4.78 is 55.3. The number of hydrogen-bond donors (Lipinski definition) is 12. The lowest BCUT2D eigenvalue weighted by Crippen LogP contribution is -2.59. The molecule has 3 fully saturated rings. The lowest BCUT2D eigenvalue weighted by atomic mass is 9.86. The van der Waals surface area contributed by atoms with Crippen molar-refractivity contribution in [1.29, 1.82) is 0 Å². The van der Waals surface area contributed by atoms with Gasteiger partial charge >= 0.3 is 0 Å². The molecule has 3 saturated heterocycles. The van der Waals surface area contributed by atoms with Crippen LogP contribution >= 0.6 is 0 Å². The lowest BCUT2D eigenvalue weighted by Gasteiger charge is -2.39. The van der Waals surface area contributed by atoms with Crippen LogP contribution in [0, 0.1) is 0 Å². The number of aliphatic hydroxyl groups excluding tert-OH is 12. The maximum atomic E-state index is 10.9. The molecular formula is C58H64O21. The van der Waals surface area contributed by atoms with E-state index < -0.39 is 112 Å². The fourth-order valence-electron chi connectivity index (χ4n) is 10.6. The normalized spacial score (nSPS) is 29.3. The average Bonchev–Trinajstić information content (AvgIpc) is 3.67. The smallest absolute Gasteiger partial charge is 0.204 e. The Kier molecular flexibility index (Phi) is 17.9. The first-order chi connectivity index (χ1) is 38.3. The SMILES string of the molecule is OC[C@@H]1O[C@@H](OCCOc2c(-c3c4ccccc4cc4ccccc34)cc(-c3c4ccccc4cc4ccccc34)c(OCCO[C@H]3O[C@H](CO)[C@@H](O)[C@H](O)[C@@H]3O)c2OCCO[C@@H]2O[C@@H](CO)[C@H](O)[C@@H](O)[C@H]2O)[C@H](O)[C@H](O)[C@H]1O. The van der Waals surface area contributed by atoms with E-state index in [1.54, 1.807) is 0 Å². The minimum absolute atomic E-state index is 0.0142. The van der Waals surface area contributed by atoms with E-state index in [1.165, 1.54) is 0 Å². The number of rotatable bonds is 20. The van der Waals surface area contributed by atoms with Crippen LogP contribution in [-0.2, 0) is 28.4 Å². The molecule has 7 aromatic rings. The Morgan fingerprint density at radius 3 is 0.886 bits per heavy atom. The molecule has 0 radical (unpaired) electrons. The monoisotopic (exact) mass is 1100 g/mol. The van der Waals surface area contributed by atoms with Gasteiger partial charge in [-0.3, -0.25) is 0 Å². The molecule has 0 aromatic heterocycles. The third kappa shape index (κ3) is 11.4. The van der Waals surface area contributed by atoms with Crippen molar-refractivity contribution in [2.75, 3.05) is 59.5 Å². The van der Waals surface area contributed by atoms with Gasteiger partial charge in [0.05, 0.1) is 39.6 Å².